The Morgan fingerprint density at radius 3 is 2.75 bits per heavy atom. The van der Waals surface area contributed by atoms with Crippen LogP contribution in [-0.2, 0) is 6.42 Å². The Morgan fingerprint density at radius 1 is 1.56 bits per heavy atom. The molecule has 0 bridgehead atoms. The van der Waals surface area contributed by atoms with Gasteiger partial charge in [0, 0.05) is 11.4 Å². The molecular formula is C12H19NO2S. The standard InChI is InChI=1S/C12H19NO2S/c1-4-9-6-11(16-8(9)3)12(15)13-7-10(14)5-2/h6,10,14H,4-5,7H2,1-3H3,(H,13,15). The molecule has 1 amide bonds. The Balaban J connectivity index is 2.59. The zero-order chi connectivity index (χ0) is 12.1. The molecule has 0 saturated carbocycles. The first-order chi connectivity index (χ1) is 7.58. The van der Waals surface area contributed by atoms with Crippen LogP contribution in [0.25, 0.3) is 0 Å². The molecule has 0 aliphatic heterocycles. The molecular weight excluding hydrogens is 222 g/mol. The van der Waals surface area contributed by atoms with E-state index in [1.165, 1.54) is 21.8 Å². The molecule has 1 unspecified atom stereocenters. The van der Waals surface area contributed by atoms with Gasteiger partial charge in [-0.3, -0.25) is 4.79 Å². The van der Waals surface area contributed by atoms with Crippen molar-refractivity contribution < 1.29 is 9.90 Å². The van der Waals surface area contributed by atoms with Crippen LogP contribution in [0.5, 0.6) is 0 Å². The number of carbonyl (C=O) groups excluding carboxylic acids is 1. The van der Waals surface area contributed by atoms with Crippen LogP contribution >= 0.6 is 11.3 Å². The molecule has 1 aromatic rings. The summed E-state index contributed by atoms with van der Waals surface area (Å²) in [6.45, 7) is 6.33. The summed E-state index contributed by atoms with van der Waals surface area (Å²) < 4.78 is 0. The quantitative estimate of drug-likeness (QED) is 0.829. The summed E-state index contributed by atoms with van der Waals surface area (Å²) in [5, 5.41) is 12.1. The second kappa shape index (κ2) is 6.01. The molecule has 90 valence electrons. The van der Waals surface area contributed by atoms with Crippen LogP contribution in [-0.4, -0.2) is 23.7 Å². The van der Waals surface area contributed by atoms with E-state index in [4.69, 9.17) is 0 Å². The minimum absolute atomic E-state index is 0.0831. The second-order valence-corrected chi connectivity index (χ2v) is 5.07. The number of hydrogen-bond donors (Lipinski definition) is 2. The highest BCUT2D eigenvalue weighted by atomic mass is 32.1. The number of carbonyl (C=O) groups is 1. The Morgan fingerprint density at radius 2 is 2.25 bits per heavy atom. The molecule has 4 heteroatoms. The molecule has 1 rings (SSSR count). The van der Waals surface area contributed by atoms with Gasteiger partial charge in [-0.15, -0.1) is 11.3 Å². The lowest BCUT2D eigenvalue weighted by molar-refractivity contribution is 0.0918. The van der Waals surface area contributed by atoms with E-state index < -0.39 is 6.10 Å². The SMILES string of the molecule is CCc1cc(C(=O)NCC(O)CC)sc1C. The molecule has 0 spiro atoms. The summed E-state index contributed by atoms with van der Waals surface area (Å²) in [5.41, 5.74) is 1.23. The van der Waals surface area contributed by atoms with Gasteiger partial charge in [-0.25, -0.2) is 0 Å². The van der Waals surface area contributed by atoms with Gasteiger partial charge in [-0.05, 0) is 31.4 Å². The van der Waals surface area contributed by atoms with Crippen LogP contribution in [0.4, 0.5) is 0 Å². The number of rotatable bonds is 5. The molecule has 2 N–H and O–H groups in total. The van der Waals surface area contributed by atoms with Crippen molar-refractivity contribution in [3.63, 3.8) is 0 Å². The second-order valence-electron chi connectivity index (χ2n) is 3.82. The van der Waals surface area contributed by atoms with Gasteiger partial charge in [-0.2, -0.15) is 0 Å². The zero-order valence-corrected chi connectivity index (χ0v) is 10.9. The number of aliphatic hydroxyl groups excluding tert-OH is 1. The minimum Gasteiger partial charge on any atom is -0.391 e. The molecule has 1 aromatic heterocycles. The van der Waals surface area contributed by atoms with Crippen molar-refractivity contribution in [3.8, 4) is 0 Å². The van der Waals surface area contributed by atoms with Gasteiger partial charge in [0.25, 0.3) is 5.91 Å². The zero-order valence-electron chi connectivity index (χ0n) is 10.0. The fourth-order valence-corrected chi connectivity index (χ4v) is 2.45. The summed E-state index contributed by atoms with van der Waals surface area (Å²) in [6.07, 6.45) is 1.16. The Hall–Kier alpha value is -0.870. The Bertz CT molecular complexity index is 360. The maximum atomic E-state index is 11.7. The van der Waals surface area contributed by atoms with Crippen molar-refractivity contribution in [2.75, 3.05) is 6.54 Å². The lowest BCUT2D eigenvalue weighted by Gasteiger charge is -2.08. The third kappa shape index (κ3) is 3.32. The predicted octanol–water partition coefficient (Wildman–Crippen LogP) is 2.12. The maximum absolute atomic E-state index is 11.7. The molecule has 0 radical (unpaired) electrons. The van der Waals surface area contributed by atoms with Crippen molar-refractivity contribution in [1.29, 1.82) is 0 Å². The van der Waals surface area contributed by atoms with Crippen LogP contribution < -0.4 is 5.32 Å². The number of hydrogen-bond acceptors (Lipinski definition) is 3. The van der Waals surface area contributed by atoms with Gasteiger partial charge >= 0.3 is 0 Å². The van der Waals surface area contributed by atoms with E-state index in [-0.39, 0.29) is 5.91 Å². The molecule has 3 nitrogen and oxygen atoms in total. The van der Waals surface area contributed by atoms with E-state index in [2.05, 4.69) is 12.2 Å². The topological polar surface area (TPSA) is 49.3 Å². The molecule has 16 heavy (non-hydrogen) atoms. The summed E-state index contributed by atoms with van der Waals surface area (Å²) in [6, 6.07) is 1.94. The Kier molecular flexibility index (Phi) is 4.96. The fourth-order valence-electron chi connectivity index (χ4n) is 1.42. The first-order valence-electron chi connectivity index (χ1n) is 5.64. The van der Waals surface area contributed by atoms with E-state index in [1.807, 2.05) is 19.9 Å². The largest absolute Gasteiger partial charge is 0.391 e. The first-order valence-corrected chi connectivity index (χ1v) is 6.45. The molecule has 1 atom stereocenters. The van der Waals surface area contributed by atoms with Crippen LogP contribution in [0.3, 0.4) is 0 Å². The molecule has 0 saturated heterocycles. The van der Waals surface area contributed by atoms with Crippen LogP contribution in [0.15, 0.2) is 6.07 Å². The third-order valence-electron chi connectivity index (χ3n) is 2.59. The van der Waals surface area contributed by atoms with Crippen molar-refractivity contribution in [3.05, 3.63) is 21.4 Å². The van der Waals surface area contributed by atoms with Crippen LogP contribution in [0, 0.1) is 6.92 Å². The van der Waals surface area contributed by atoms with Crippen LogP contribution in [0.2, 0.25) is 0 Å². The number of amides is 1. The Labute approximate surface area is 100 Å². The highest BCUT2D eigenvalue weighted by Crippen LogP contribution is 2.21. The molecule has 0 aliphatic carbocycles. The third-order valence-corrected chi connectivity index (χ3v) is 3.69. The molecule has 0 aliphatic rings. The van der Waals surface area contributed by atoms with Gasteiger partial charge in [0.2, 0.25) is 0 Å². The molecule has 1 heterocycles. The first kappa shape index (κ1) is 13.2. The fraction of sp³-hybridized carbons (Fsp3) is 0.583. The van der Waals surface area contributed by atoms with Crippen molar-refractivity contribution in [1.82, 2.24) is 5.32 Å². The van der Waals surface area contributed by atoms with Crippen molar-refractivity contribution >= 4 is 17.2 Å². The average Bonchev–Trinajstić information content (AvgIpc) is 2.66. The molecule has 0 aromatic carbocycles. The van der Waals surface area contributed by atoms with Gasteiger partial charge in [0.1, 0.15) is 0 Å². The van der Waals surface area contributed by atoms with Gasteiger partial charge < -0.3 is 10.4 Å². The van der Waals surface area contributed by atoms with Crippen molar-refractivity contribution in [2.24, 2.45) is 0 Å². The summed E-state index contributed by atoms with van der Waals surface area (Å²) in [7, 11) is 0. The van der Waals surface area contributed by atoms with E-state index in [1.54, 1.807) is 0 Å². The number of thiophene rings is 1. The van der Waals surface area contributed by atoms with Gasteiger partial charge in [0.05, 0.1) is 11.0 Å². The summed E-state index contributed by atoms with van der Waals surface area (Å²) in [5.74, 6) is -0.0831. The smallest absolute Gasteiger partial charge is 0.261 e. The summed E-state index contributed by atoms with van der Waals surface area (Å²) >= 11 is 1.51. The summed E-state index contributed by atoms with van der Waals surface area (Å²) in [4.78, 5) is 13.7. The average molecular weight is 241 g/mol. The monoisotopic (exact) mass is 241 g/mol. The van der Waals surface area contributed by atoms with E-state index >= 15 is 0 Å². The number of aliphatic hydroxyl groups is 1. The van der Waals surface area contributed by atoms with E-state index in [9.17, 15) is 9.90 Å². The predicted molar refractivity (Wildman–Crippen MR) is 67.1 cm³/mol. The number of aryl methyl sites for hydroxylation is 2. The van der Waals surface area contributed by atoms with Crippen LogP contribution in [0.1, 0.15) is 40.4 Å². The van der Waals surface area contributed by atoms with E-state index in [0.29, 0.717) is 13.0 Å². The van der Waals surface area contributed by atoms with Gasteiger partial charge in [0.15, 0.2) is 0 Å². The molecule has 0 fully saturated rings. The van der Waals surface area contributed by atoms with Crippen molar-refractivity contribution in [2.45, 2.75) is 39.7 Å². The highest BCUT2D eigenvalue weighted by molar-refractivity contribution is 7.14. The minimum atomic E-state index is -0.448. The van der Waals surface area contributed by atoms with Gasteiger partial charge in [-0.1, -0.05) is 13.8 Å². The highest BCUT2D eigenvalue weighted by Gasteiger charge is 2.12. The van der Waals surface area contributed by atoms with E-state index in [0.717, 1.165) is 11.3 Å². The maximum Gasteiger partial charge on any atom is 0.261 e. The lowest BCUT2D eigenvalue weighted by Crippen LogP contribution is -2.31. The lowest BCUT2D eigenvalue weighted by atomic mass is 10.2. The normalized spacial score (nSPS) is 12.5. The number of nitrogens with one attached hydrogen (secondary N) is 1.